The summed E-state index contributed by atoms with van der Waals surface area (Å²) < 4.78 is 5.33. The first kappa shape index (κ1) is 16.5. The number of aromatic nitrogens is 1. The number of furan rings is 1. The summed E-state index contributed by atoms with van der Waals surface area (Å²) in [5.74, 6) is 1.85. The highest BCUT2D eigenvalue weighted by atomic mass is 32.1. The van der Waals surface area contributed by atoms with Crippen LogP contribution in [0.15, 0.2) is 34.0 Å². The molecule has 120 valence electrons. The molecule has 2 N–H and O–H groups in total. The summed E-state index contributed by atoms with van der Waals surface area (Å²) >= 11 is 1.75. The zero-order valence-electron chi connectivity index (χ0n) is 13.3. The average Bonchev–Trinajstić information content (AvgIpc) is 3.16. The smallest absolute Gasteiger partial charge is 0.191 e. The van der Waals surface area contributed by atoms with E-state index in [1.54, 1.807) is 17.6 Å². The lowest BCUT2D eigenvalue weighted by atomic mass is 10.3. The van der Waals surface area contributed by atoms with Gasteiger partial charge in [-0.2, -0.15) is 0 Å². The lowest BCUT2D eigenvalue weighted by Crippen LogP contribution is -2.39. The highest BCUT2D eigenvalue weighted by molar-refractivity contribution is 7.11. The highest BCUT2D eigenvalue weighted by Crippen LogP contribution is 2.10. The summed E-state index contributed by atoms with van der Waals surface area (Å²) in [5.41, 5.74) is 0. The molecule has 0 atom stereocenters. The van der Waals surface area contributed by atoms with Crippen LogP contribution in [0.4, 0.5) is 0 Å². The van der Waals surface area contributed by atoms with E-state index in [-0.39, 0.29) is 0 Å². The van der Waals surface area contributed by atoms with Gasteiger partial charge in [-0.15, -0.1) is 11.3 Å². The predicted octanol–water partition coefficient (Wildman–Crippen LogP) is 2.77. The molecule has 0 radical (unpaired) electrons. The summed E-state index contributed by atoms with van der Waals surface area (Å²) in [6.07, 6.45) is 6.44. The third kappa shape index (κ3) is 5.89. The molecular formula is C16H24N4OS. The summed E-state index contributed by atoms with van der Waals surface area (Å²) in [7, 11) is 0. The summed E-state index contributed by atoms with van der Waals surface area (Å²) in [5, 5.41) is 7.88. The Kier molecular flexibility index (Phi) is 6.96. The van der Waals surface area contributed by atoms with E-state index in [0.29, 0.717) is 0 Å². The molecule has 2 aromatic heterocycles. The van der Waals surface area contributed by atoms with Crippen LogP contribution < -0.4 is 10.6 Å². The summed E-state index contributed by atoms with van der Waals surface area (Å²) in [6, 6.07) is 3.90. The number of aryl methyl sites for hydroxylation is 1. The van der Waals surface area contributed by atoms with E-state index in [2.05, 4.69) is 34.5 Å². The SMILES string of the molecule is CCCN=C(NCCc1ccco1)NCCc1ncc(C)s1. The molecule has 0 saturated heterocycles. The van der Waals surface area contributed by atoms with E-state index < -0.39 is 0 Å². The number of guanidine groups is 1. The number of nitrogens with one attached hydrogen (secondary N) is 2. The van der Waals surface area contributed by atoms with Crippen molar-refractivity contribution < 1.29 is 4.42 Å². The minimum Gasteiger partial charge on any atom is -0.469 e. The van der Waals surface area contributed by atoms with Crippen molar-refractivity contribution in [3.63, 3.8) is 0 Å². The van der Waals surface area contributed by atoms with Gasteiger partial charge in [0.25, 0.3) is 0 Å². The van der Waals surface area contributed by atoms with Crippen molar-refractivity contribution in [2.24, 2.45) is 4.99 Å². The van der Waals surface area contributed by atoms with Gasteiger partial charge in [-0.1, -0.05) is 6.92 Å². The average molecular weight is 320 g/mol. The standard InChI is InChI=1S/C16H24N4OS/c1-3-8-17-16(18-9-6-14-5-4-11-21-14)19-10-7-15-20-12-13(2)22-15/h4-5,11-12H,3,6-10H2,1-2H3,(H2,17,18,19). The molecule has 0 bridgehead atoms. The van der Waals surface area contributed by atoms with E-state index in [1.165, 1.54) is 4.88 Å². The fraction of sp³-hybridized carbons (Fsp3) is 0.500. The van der Waals surface area contributed by atoms with E-state index in [4.69, 9.17) is 4.42 Å². The van der Waals surface area contributed by atoms with Crippen LogP contribution in [0.1, 0.15) is 29.0 Å². The second-order valence-electron chi connectivity index (χ2n) is 5.03. The monoisotopic (exact) mass is 320 g/mol. The second-order valence-corrected chi connectivity index (χ2v) is 6.35. The number of rotatable bonds is 8. The molecule has 0 amide bonds. The minimum atomic E-state index is 0.805. The van der Waals surface area contributed by atoms with Crippen LogP contribution in [-0.4, -0.2) is 30.6 Å². The lowest BCUT2D eigenvalue weighted by Gasteiger charge is -2.11. The predicted molar refractivity (Wildman–Crippen MR) is 91.6 cm³/mol. The van der Waals surface area contributed by atoms with Gasteiger partial charge in [-0.25, -0.2) is 4.98 Å². The molecule has 22 heavy (non-hydrogen) atoms. The third-order valence-electron chi connectivity index (χ3n) is 3.04. The first-order valence-electron chi connectivity index (χ1n) is 7.74. The van der Waals surface area contributed by atoms with Crippen LogP contribution in [-0.2, 0) is 12.8 Å². The van der Waals surface area contributed by atoms with Crippen LogP contribution in [0.5, 0.6) is 0 Å². The van der Waals surface area contributed by atoms with E-state index in [1.807, 2.05) is 18.3 Å². The van der Waals surface area contributed by atoms with Gasteiger partial charge in [0.15, 0.2) is 5.96 Å². The molecule has 6 heteroatoms. The van der Waals surface area contributed by atoms with Crippen molar-refractivity contribution in [1.82, 2.24) is 15.6 Å². The summed E-state index contributed by atoms with van der Waals surface area (Å²) in [6.45, 7) is 6.68. The Balaban J connectivity index is 1.73. The molecule has 0 fully saturated rings. The number of nitrogens with zero attached hydrogens (tertiary/aromatic N) is 2. The van der Waals surface area contributed by atoms with E-state index in [0.717, 1.165) is 55.6 Å². The Morgan fingerprint density at radius 2 is 2.14 bits per heavy atom. The molecule has 0 aliphatic carbocycles. The first-order chi connectivity index (χ1) is 10.8. The fourth-order valence-electron chi connectivity index (χ4n) is 1.96. The Labute approximate surface area is 135 Å². The normalized spacial score (nSPS) is 11.6. The highest BCUT2D eigenvalue weighted by Gasteiger charge is 2.02. The zero-order chi connectivity index (χ0) is 15.6. The molecular weight excluding hydrogens is 296 g/mol. The molecule has 0 saturated carbocycles. The molecule has 5 nitrogen and oxygen atoms in total. The van der Waals surface area contributed by atoms with Gasteiger partial charge < -0.3 is 15.1 Å². The molecule has 2 aromatic rings. The number of thiazole rings is 1. The van der Waals surface area contributed by atoms with Gasteiger partial charge in [0.05, 0.1) is 11.3 Å². The summed E-state index contributed by atoms with van der Waals surface area (Å²) in [4.78, 5) is 10.2. The zero-order valence-corrected chi connectivity index (χ0v) is 14.1. The molecule has 0 unspecified atom stereocenters. The molecule has 0 aromatic carbocycles. The number of aliphatic imine (C=N–C) groups is 1. The van der Waals surface area contributed by atoms with Crippen LogP contribution in [0.3, 0.4) is 0 Å². The Morgan fingerprint density at radius 3 is 2.77 bits per heavy atom. The van der Waals surface area contributed by atoms with E-state index in [9.17, 15) is 0 Å². The van der Waals surface area contributed by atoms with Crippen molar-refractivity contribution >= 4 is 17.3 Å². The molecule has 2 rings (SSSR count). The van der Waals surface area contributed by atoms with Crippen molar-refractivity contribution in [3.8, 4) is 0 Å². The maximum absolute atomic E-state index is 5.33. The first-order valence-corrected chi connectivity index (χ1v) is 8.55. The van der Waals surface area contributed by atoms with Crippen LogP contribution >= 0.6 is 11.3 Å². The largest absolute Gasteiger partial charge is 0.469 e. The Morgan fingerprint density at radius 1 is 1.32 bits per heavy atom. The number of hydrogen-bond donors (Lipinski definition) is 2. The topological polar surface area (TPSA) is 62.5 Å². The maximum atomic E-state index is 5.33. The Bertz CT molecular complexity index is 562. The molecule has 0 aliphatic heterocycles. The van der Waals surface area contributed by atoms with Gasteiger partial charge >= 0.3 is 0 Å². The second kappa shape index (κ2) is 9.25. The lowest BCUT2D eigenvalue weighted by molar-refractivity contribution is 0.506. The third-order valence-corrected chi connectivity index (χ3v) is 4.01. The number of hydrogen-bond acceptors (Lipinski definition) is 4. The molecule has 0 spiro atoms. The van der Waals surface area contributed by atoms with Crippen molar-refractivity contribution in [3.05, 3.63) is 40.2 Å². The maximum Gasteiger partial charge on any atom is 0.191 e. The van der Waals surface area contributed by atoms with Crippen LogP contribution in [0.25, 0.3) is 0 Å². The van der Waals surface area contributed by atoms with E-state index >= 15 is 0 Å². The van der Waals surface area contributed by atoms with Crippen molar-refractivity contribution in [1.29, 1.82) is 0 Å². The van der Waals surface area contributed by atoms with Gasteiger partial charge in [0.1, 0.15) is 5.76 Å². The van der Waals surface area contributed by atoms with Gasteiger partial charge in [-0.3, -0.25) is 4.99 Å². The fourth-order valence-corrected chi connectivity index (χ4v) is 2.75. The van der Waals surface area contributed by atoms with Gasteiger partial charge in [0, 0.05) is 43.5 Å². The quantitative estimate of drug-likeness (QED) is 0.580. The Hall–Kier alpha value is -1.82. The minimum absolute atomic E-state index is 0.805. The van der Waals surface area contributed by atoms with Crippen LogP contribution in [0.2, 0.25) is 0 Å². The van der Waals surface area contributed by atoms with Gasteiger partial charge in [-0.05, 0) is 25.5 Å². The van der Waals surface area contributed by atoms with Gasteiger partial charge in [0.2, 0.25) is 0 Å². The van der Waals surface area contributed by atoms with Crippen LogP contribution in [0, 0.1) is 6.92 Å². The molecule has 2 heterocycles. The molecule has 0 aliphatic rings. The van der Waals surface area contributed by atoms with Crippen molar-refractivity contribution in [2.45, 2.75) is 33.1 Å². The van der Waals surface area contributed by atoms with Crippen molar-refractivity contribution in [2.75, 3.05) is 19.6 Å².